The third-order valence-corrected chi connectivity index (χ3v) is 4.12. The standard InChI is InChI=1S/C17H18Cl2O2/c1-10(2)13-15(19)17(14(18)11(3)16(13)20-4)21-12-8-6-5-7-9-12/h5-10H,1-4H3. The van der Waals surface area contributed by atoms with E-state index in [1.807, 2.05) is 37.3 Å². The van der Waals surface area contributed by atoms with E-state index in [0.717, 1.165) is 16.9 Å². The van der Waals surface area contributed by atoms with Gasteiger partial charge in [0, 0.05) is 11.1 Å². The summed E-state index contributed by atoms with van der Waals surface area (Å²) in [6.45, 7) is 6.02. The number of hydrogen-bond acceptors (Lipinski definition) is 2. The van der Waals surface area contributed by atoms with Gasteiger partial charge in [0.15, 0.2) is 5.75 Å². The normalized spacial score (nSPS) is 10.8. The maximum Gasteiger partial charge on any atom is 0.165 e. The molecule has 0 unspecified atom stereocenters. The average molecular weight is 325 g/mol. The van der Waals surface area contributed by atoms with Gasteiger partial charge in [0.25, 0.3) is 0 Å². The summed E-state index contributed by atoms with van der Waals surface area (Å²) in [5, 5.41) is 0.978. The molecule has 0 aliphatic rings. The molecule has 112 valence electrons. The Labute approximate surface area is 135 Å². The zero-order chi connectivity index (χ0) is 15.6. The Morgan fingerprint density at radius 1 is 0.952 bits per heavy atom. The zero-order valence-electron chi connectivity index (χ0n) is 12.5. The van der Waals surface area contributed by atoms with Crippen molar-refractivity contribution in [3.05, 3.63) is 51.5 Å². The number of ether oxygens (including phenoxy) is 2. The maximum absolute atomic E-state index is 6.53. The van der Waals surface area contributed by atoms with Gasteiger partial charge in [-0.15, -0.1) is 0 Å². The molecule has 0 heterocycles. The summed E-state index contributed by atoms with van der Waals surface area (Å²) in [7, 11) is 1.62. The molecule has 0 spiro atoms. The summed E-state index contributed by atoms with van der Waals surface area (Å²) in [6, 6.07) is 9.45. The Morgan fingerprint density at radius 3 is 2.10 bits per heavy atom. The quantitative estimate of drug-likeness (QED) is 0.664. The first-order chi connectivity index (χ1) is 9.97. The Hall–Kier alpha value is -1.38. The van der Waals surface area contributed by atoms with Crippen molar-refractivity contribution < 1.29 is 9.47 Å². The van der Waals surface area contributed by atoms with E-state index in [9.17, 15) is 0 Å². The van der Waals surface area contributed by atoms with E-state index >= 15 is 0 Å². The molecule has 2 nitrogen and oxygen atoms in total. The van der Waals surface area contributed by atoms with E-state index in [0.29, 0.717) is 21.5 Å². The van der Waals surface area contributed by atoms with E-state index in [4.69, 9.17) is 32.7 Å². The second-order valence-electron chi connectivity index (χ2n) is 5.10. The van der Waals surface area contributed by atoms with E-state index in [1.165, 1.54) is 0 Å². The van der Waals surface area contributed by atoms with Crippen molar-refractivity contribution in [1.29, 1.82) is 0 Å². The van der Waals surface area contributed by atoms with E-state index < -0.39 is 0 Å². The van der Waals surface area contributed by atoms with Crippen LogP contribution in [0.3, 0.4) is 0 Å². The molecule has 0 bridgehead atoms. The van der Waals surface area contributed by atoms with Gasteiger partial charge in [0.2, 0.25) is 0 Å². The van der Waals surface area contributed by atoms with Gasteiger partial charge in [-0.3, -0.25) is 0 Å². The van der Waals surface area contributed by atoms with Crippen LogP contribution < -0.4 is 9.47 Å². The van der Waals surface area contributed by atoms with Crippen LogP contribution in [0.1, 0.15) is 30.9 Å². The fraction of sp³-hybridized carbons (Fsp3) is 0.294. The number of methoxy groups -OCH3 is 1. The van der Waals surface area contributed by atoms with Gasteiger partial charge < -0.3 is 9.47 Å². The molecule has 4 heteroatoms. The van der Waals surface area contributed by atoms with Crippen molar-refractivity contribution >= 4 is 23.2 Å². The topological polar surface area (TPSA) is 18.5 Å². The molecule has 21 heavy (non-hydrogen) atoms. The molecule has 0 saturated heterocycles. The van der Waals surface area contributed by atoms with Crippen molar-refractivity contribution in [3.8, 4) is 17.2 Å². The molecule has 2 aromatic carbocycles. The van der Waals surface area contributed by atoms with E-state index in [1.54, 1.807) is 7.11 Å². The minimum absolute atomic E-state index is 0.196. The number of rotatable bonds is 4. The largest absolute Gasteiger partial charge is 0.496 e. The highest BCUT2D eigenvalue weighted by Gasteiger charge is 2.24. The lowest BCUT2D eigenvalue weighted by molar-refractivity contribution is 0.402. The molecular weight excluding hydrogens is 307 g/mol. The van der Waals surface area contributed by atoms with E-state index in [2.05, 4.69) is 13.8 Å². The van der Waals surface area contributed by atoms with Crippen LogP contribution in [0.15, 0.2) is 30.3 Å². The molecule has 0 fully saturated rings. The van der Waals surface area contributed by atoms with Crippen LogP contribution in [-0.2, 0) is 0 Å². The molecule has 2 aromatic rings. The number of halogens is 2. The molecule has 0 N–H and O–H groups in total. The highest BCUT2D eigenvalue weighted by atomic mass is 35.5. The minimum atomic E-state index is 0.196. The van der Waals surface area contributed by atoms with Gasteiger partial charge >= 0.3 is 0 Å². The first-order valence-electron chi connectivity index (χ1n) is 6.75. The lowest BCUT2D eigenvalue weighted by atomic mass is 9.98. The number of benzene rings is 2. The first kappa shape index (κ1) is 16.0. The zero-order valence-corrected chi connectivity index (χ0v) is 14.0. The maximum atomic E-state index is 6.53. The third kappa shape index (κ3) is 3.12. The van der Waals surface area contributed by atoms with Crippen LogP contribution in [-0.4, -0.2) is 7.11 Å². The summed E-state index contributed by atoms with van der Waals surface area (Å²) in [5.74, 6) is 2.09. The van der Waals surface area contributed by atoms with Crippen molar-refractivity contribution in [2.45, 2.75) is 26.7 Å². The van der Waals surface area contributed by atoms with Gasteiger partial charge in [0.1, 0.15) is 11.5 Å². The fourth-order valence-corrected chi connectivity index (χ4v) is 2.97. The van der Waals surface area contributed by atoms with Crippen LogP contribution >= 0.6 is 23.2 Å². The molecule has 0 radical (unpaired) electrons. The average Bonchev–Trinajstić information content (AvgIpc) is 2.47. The van der Waals surface area contributed by atoms with Crippen molar-refractivity contribution in [2.24, 2.45) is 0 Å². The monoisotopic (exact) mass is 324 g/mol. The molecule has 0 saturated carbocycles. The molecule has 0 aliphatic heterocycles. The number of hydrogen-bond donors (Lipinski definition) is 0. The molecule has 0 aliphatic carbocycles. The Balaban J connectivity index is 2.61. The third-order valence-electron chi connectivity index (χ3n) is 3.29. The minimum Gasteiger partial charge on any atom is -0.496 e. The van der Waals surface area contributed by atoms with Gasteiger partial charge in [-0.25, -0.2) is 0 Å². The SMILES string of the molecule is COc1c(C)c(Cl)c(Oc2ccccc2)c(Cl)c1C(C)C. The summed E-state index contributed by atoms with van der Waals surface area (Å²) >= 11 is 12.9. The van der Waals surface area contributed by atoms with Crippen LogP contribution in [0.5, 0.6) is 17.2 Å². The van der Waals surface area contributed by atoms with Gasteiger partial charge in [-0.1, -0.05) is 55.2 Å². The highest BCUT2D eigenvalue weighted by Crippen LogP contribution is 2.48. The van der Waals surface area contributed by atoms with E-state index in [-0.39, 0.29) is 5.92 Å². The lowest BCUT2D eigenvalue weighted by Gasteiger charge is -2.21. The van der Waals surface area contributed by atoms with Crippen LogP contribution in [0.4, 0.5) is 0 Å². The Bertz CT molecular complexity index is 637. The van der Waals surface area contributed by atoms with Crippen LogP contribution in [0, 0.1) is 6.92 Å². The Morgan fingerprint density at radius 2 is 1.57 bits per heavy atom. The predicted octanol–water partition coefficient (Wildman–Crippen LogP) is 6.23. The molecule has 2 rings (SSSR count). The summed E-state index contributed by atoms with van der Waals surface area (Å²) in [4.78, 5) is 0. The van der Waals surface area contributed by atoms with Crippen molar-refractivity contribution in [1.82, 2.24) is 0 Å². The highest BCUT2D eigenvalue weighted by molar-refractivity contribution is 6.38. The number of para-hydroxylation sites is 1. The van der Waals surface area contributed by atoms with Crippen molar-refractivity contribution in [2.75, 3.05) is 7.11 Å². The van der Waals surface area contributed by atoms with Crippen LogP contribution in [0.25, 0.3) is 0 Å². The van der Waals surface area contributed by atoms with Crippen LogP contribution in [0.2, 0.25) is 10.0 Å². The summed E-state index contributed by atoms with van der Waals surface area (Å²) in [5.41, 5.74) is 1.74. The first-order valence-corrected chi connectivity index (χ1v) is 7.51. The summed E-state index contributed by atoms with van der Waals surface area (Å²) < 4.78 is 11.4. The van der Waals surface area contributed by atoms with Gasteiger partial charge in [-0.05, 0) is 25.0 Å². The second kappa shape index (κ2) is 6.59. The molecule has 0 amide bonds. The summed E-state index contributed by atoms with van der Waals surface area (Å²) in [6.07, 6.45) is 0. The van der Waals surface area contributed by atoms with Gasteiger partial charge in [0.05, 0.1) is 17.2 Å². The fourth-order valence-electron chi connectivity index (χ4n) is 2.26. The lowest BCUT2D eigenvalue weighted by Crippen LogP contribution is -2.01. The Kier molecular flexibility index (Phi) is 5.02. The molecular formula is C17H18Cl2O2. The second-order valence-corrected chi connectivity index (χ2v) is 5.85. The predicted molar refractivity (Wildman–Crippen MR) is 88.4 cm³/mol. The molecule has 0 aromatic heterocycles. The van der Waals surface area contributed by atoms with Crippen molar-refractivity contribution in [3.63, 3.8) is 0 Å². The smallest absolute Gasteiger partial charge is 0.165 e. The van der Waals surface area contributed by atoms with Gasteiger partial charge in [-0.2, -0.15) is 0 Å². The molecule has 0 atom stereocenters.